The Morgan fingerprint density at radius 3 is 2.81 bits per heavy atom. The molecule has 0 atom stereocenters. The molecule has 0 saturated carbocycles. The maximum absolute atomic E-state index is 12.0. The standard InChI is InChI=1S/C17H24N2O2/c1-17(2,8-9-21-3)12-18-11-14-10-13-6-4-5-7-15(13)19-16(14)20/h4-7,10,18H,8-9,11-12H2,1-3H3,(H,19,20). The van der Waals surface area contributed by atoms with Crippen LogP contribution in [0.4, 0.5) is 0 Å². The van der Waals surface area contributed by atoms with Gasteiger partial charge in [0, 0.05) is 37.9 Å². The van der Waals surface area contributed by atoms with Gasteiger partial charge in [0.25, 0.3) is 5.56 Å². The van der Waals surface area contributed by atoms with Crippen LogP contribution >= 0.6 is 0 Å². The molecule has 0 amide bonds. The number of benzene rings is 1. The Balaban J connectivity index is 2.00. The fourth-order valence-electron chi connectivity index (χ4n) is 2.33. The third-order valence-corrected chi connectivity index (χ3v) is 3.73. The molecule has 4 heteroatoms. The first kappa shape index (κ1) is 15.7. The minimum atomic E-state index is -0.0177. The van der Waals surface area contributed by atoms with E-state index in [1.54, 1.807) is 7.11 Å². The van der Waals surface area contributed by atoms with E-state index in [0.717, 1.165) is 36.0 Å². The van der Waals surface area contributed by atoms with Gasteiger partial charge < -0.3 is 15.0 Å². The molecule has 0 aliphatic rings. The summed E-state index contributed by atoms with van der Waals surface area (Å²) in [5.41, 5.74) is 1.79. The molecule has 4 nitrogen and oxygen atoms in total. The Labute approximate surface area is 125 Å². The molecule has 0 radical (unpaired) electrons. The van der Waals surface area contributed by atoms with Gasteiger partial charge in [0.2, 0.25) is 0 Å². The molecular weight excluding hydrogens is 264 g/mol. The van der Waals surface area contributed by atoms with Crippen LogP contribution in [0.2, 0.25) is 0 Å². The number of hydrogen-bond acceptors (Lipinski definition) is 3. The van der Waals surface area contributed by atoms with Crippen LogP contribution in [0, 0.1) is 5.41 Å². The number of pyridine rings is 1. The number of hydrogen-bond donors (Lipinski definition) is 2. The number of fused-ring (bicyclic) bond motifs is 1. The van der Waals surface area contributed by atoms with E-state index in [1.807, 2.05) is 30.3 Å². The lowest BCUT2D eigenvalue weighted by Gasteiger charge is -2.24. The third-order valence-electron chi connectivity index (χ3n) is 3.73. The highest BCUT2D eigenvalue weighted by Crippen LogP contribution is 2.19. The number of methoxy groups -OCH3 is 1. The molecule has 0 aliphatic heterocycles. The lowest BCUT2D eigenvalue weighted by molar-refractivity contribution is 0.150. The van der Waals surface area contributed by atoms with E-state index in [9.17, 15) is 4.79 Å². The molecule has 114 valence electrons. The maximum Gasteiger partial charge on any atom is 0.252 e. The van der Waals surface area contributed by atoms with Crippen molar-refractivity contribution in [2.75, 3.05) is 20.3 Å². The van der Waals surface area contributed by atoms with Crippen LogP contribution in [0.3, 0.4) is 0 Å². The van der Waals surface area contributed by atoms with Crippen molar-refractivity contribution in [2.24, 2.45) is 5.41 Å². The number of aromatic nitrogens is 1. The molecule has 1 aromatic heterocycles. The summed E-state index contributed by atoms with van der Waals surface area (Å²) in [7, 11) is 1.72. The SMILES string of the molecule is COCCC(C)(C)CNCc1cc2ccccc2[nH]c1=O. The molecule has 0 unspecified atom stereocenters. The number of rotatable bonds is 7. The van der Waals surface area contributed by atoms with Gasteiger partial charge in [0.1, 0.15) is 0 Å². The molecular formula is C17H24N2O2. The zero-order valence-corrected chi connectivity index (χ0v) is 13.0. The molecule has 21 heavy (non-hydrogen) atoms. The molecule has 2 N–H and O–H groups in total. The number of nitrogens with one attached hydrogen (secondary N) is 2. The molecule has 0 aliphatic carbocycles. The maximum atomic E-state index is 12.0. The Morgan fingerprint density at radius 1 is 1.29 bits per heavy atom. The normalized spacial score (nSPS) is 12.0. The minimum Gasteiger partial charge on any atom is -0.385 e. The number of aromatic amines is 1. The summed E-state index contributed by atoms with van der Waals surface area (Å²) in [5, 5.41) is 4.44. The highest BCUT2D eigenvalue weighted by Gasteiger charge is 2.17. The van der Waals surface area contributed by atoms with E-state index in [1.165, 1.54) is 0 Å². The molecule has 1 aromatic carbocycles. The van der Waals surface area contributed by atoms with Crippen molar-refractivity contribution in [3.8, 4) is 0 Å². The van der Waals surface area contributed by atoms with Crippen LogP contribution < -0.4 is 10.9 Å². The fraction of sp³-hybridized carbons (Fsp3) is 0.471. The van der Waals surface area contributed by atoms with Gasteiger partial charge in [-0.25, -0.2) is 0 Å². The summed E-state index contributed by atoms with van der Waals surface area (Å²) in [6, 6.07) is 9.79. The van der Waals surface area contributed by atoms with E-state index in [2.05, 4.69) is 24.1 Å². The quantitative estimate of drug-likeness (QED) is 0.823. The van der Waals surface area contributed by atoms with Crippen molar-refractivity contribution in [3.05, 3.63) is 46.2 Å². The van der Waals surface area contributed by atoms with Crippen molar-refractivity contribution in [3.63, 3.8) is 0 Å². The Hall–Kier alpha value is -1.65. The van der Waals surface area contributed by atoms with E-state index in [4.69, 9.17) is 4.74 Å². The van der Waals surface area contributed by atoms with Crippen LogP contribution in [0.15, 0.2) is 35.1 Å². The van der Waals surface area contributed by atoms with Crippen LogP contribution in [0.1, 0.15) is 25.8 Å². The lowest BCUT2D eigenvalue weighted by atomic mass is 9.89. The summed E-state index contributed by atoms with van der Waals surface area (Å²) in [4.78, 5) is 15.0. The van der Waals surface area contributed by atoms with Gasteiger partial charge >= 0.3 is 0 Å². The lowest BCUT2D eigenvalue weighted by Crippen LogP contribution is -2.31. The highest BCUT2D eigenvalue weighted by atomic mass is 16.5. The minimum absolute atomic E-state index is 0.0177. The summed E-state index contributed by atoms with van der Waals surface area (Å²) in [6.07, 6.45) is 0.991. The zero-order valence-electron chi connectivity index (χ0n) is 13.0. The van der Waals surface area contributed by atoms with E-state index < -0.39 is 0 Å². The molecule has 0 spiro atoms. The predicted octanol–water partition coefficient (Wildman–Crippen LogP) is 2.68. The van der Waals surface area contributed by atoms with Gasteiger partial charge in [-0.05, 0) is 29.4 Å². The topological polar surface area (TPSA) is 54.1 Å². The zero-order chi connectivity index (χ0) is 15.3. The largest absolute Gasteiger partial charge is 0.385 e. The average molecular weight is 288 g/mol. The van der Waals surface area contributed by atoms with Crippen LogP contribution in [0.25, 0.3) is 10.9 Å². The van der Waals surface area contributed by atoms with E-state index >= 15 is 0 Å². The van der Waals surface area contributed by atoms with Gasteiger partial charge in [-0.15, -0.1) is 0 Å². The van der Waals surface area contributed by atoms with Gasteiger partial charge in [-0.1, -0.05) is 32.0 Å². The first-order valence-corrected chi connectivity index (χ1v) is 7.32. The number of ether oxygens (including phenoxy) is 1. The molecule has 2 aromatic rings. The second kappa shape index (κ2) is 6.87. The highest BCUT2D eigenvalue weighted by molar-refractivity contribution is 5.78. The summed E-state index contributed by atoms with van der Waals surface area (Å²) in [5.74, 6) is 0. The second-order valence-electron chi connectivity index (χ2n) is 6.22. The summed E-state index contributed by atoms with van der Waals surface area (Å²) < 4.78 is 5.13. The number of para-hydroxylation sites is 1. The van der Waals surface area contributed by atoms with Gasteiger partial charge in [-0.3, -0.25) is 4.79 Å². The van der Waals surface area contributed by atoms with Crippen molar-refractivity contribution >= 4 is 10.9 Å². The van der Waals surface area contributed by atoms with E-state index in [0.29, 0.717) is 6.54 Å². The Bertz CT molecular complexity index is 647. The van der Waals surface area contributed by atoms with Crippen molar-refractivity contribution < 1.29 is 4.74 Å². The Morgan fingerprint density at radius 2 is 2.05 bits per heavy atom. The summed E-state index contributed by atoms with van der Waals surface area (Å²) >= 11 is 0. The Kier molecular flexibility index (Phi) is 5.15. The monoisotopic (exact) mass is 288 g/mol. The van der Waals surface area contributed by atoms with Gasteiger partial charge in [-0.2, -0.15) is 0 Å². The van der Waals surface area contributed by atoms with Gasteiger partial charge in [0.15, 0.2) is 0 Å². The summed E-state index contributed by atoms with van der Waals surface area (Å²) in [6.45, 7) is 6.58. The van der Waals surface area contributed by atoms with Crippen molar-refractivity contribution in [1.82, 2.24) is 10.3 Å². The molecule has 0 fully saturated rings. The average Bonchev–Trinajstić information content (AvgIpc) is 2.45. The molecule has 0 saturated heterocycles. The molecule has 2 rings (SSSR count). The van der Waals surface area contributed by atoms with Crippen LogP contribution in [-0.4, -0.2) is 25.2 Å². The van der Waals surface area contributed by atoms with Crippen LogP contribution in [-0.2, 0) is 11.3 Å². The predicted molar refractivity (Wildman–Crippen MR) is 86.5 cm³/mol. The first-order chi connectivity index (χ1) is 10.0. The smallest absolute Gasteiger partial charge is 0.252 e. The molecule has 1 heterocycles. The third kappa shape index (κ3) is 4.41. The van der Waals surface area contributed by atoms with Gasteiger partial charge in [0.05, 0.1) is 0 Å². The first-order valence-electron chi connectivity index (χ1n) is 7.32. The number of H-pyrrole nitrogens is 1. The second-order valence-corrected chi connectivity index (χ2v) is 6.22. The van der Waals surface area contributed by atoms with Crippen molar-refractivity contribution in [2.45, 2.75) is 26.8 Å². The molecule has 0 bridgehead atoms. The van der Waals surface area contributed by atoms with Crippen molar-refractivity contribution in [1.29, 1.82) is 0 Å². The fourth-order valence-corrected chi connectivity index (χ4v) is 2.33. The van der Waals surface area contributed by atoms with Crippen LogP contribution in [0.5, 0.6) is 0 Å². The van der Waals surface area contributed by atoms with E-state index in [-0.39, 0.29) is 11.0 Å².